The molecule has 1 saturated heterocycles. The van der Waals surface area contributed by atoms with E-state index in [1.807, 2.05) is 21.1 Å². The Hall–Kier alpha value is -2.15. The molecule has 120 valence electrons. The van der Waals surface area contributed by atoms with Crippen molar-refractivity contribution >= 4 is 11.9 Å². The molecule has 2 rings (SSSR count). The molecule has 1 fully saturated rings. The van der Waals surface area contributed by atoms with Crippen LogP contribution in [0.15, 0.2) is 23.5 Å². The van der Waals surface area contributed by atoms with Crippen LogP contribution in [0.25, 0.3) is 0 Å². The van der Waals surface area contributed by atoms with Crippen molar-refractivity contribution in [3.8, 4) is 0 Å². The summed E-state index contributed by atoms with van der Waals surface area (Å²) in [5.74, 6) is 0.519. The van der Waals surface area contributed by atoms with Gasteiger partial charge in [0.25, 0.3) is 5.56 Å². The lowest BCUT2D eigenvalue weighted by atomic mass is 10.2. The molecule has 7 nitrogen and oxygen atoms in total. The third-order valence-corrected chi connectivity index (χ3v) is 3.89. The van der Waals surface area contributed by atoms with Crippen molar-refractivity contribution in [1.29, 1.82) is 0 Å². The van der Waals surface area contributed by atoms with Crippen LogP contribution in [-0.4, -0.2) is 65.9 Å². The van der Waals surface area contributed by atoms with Crippen LogP contribution in [0.5, 0.6) is 0 Å². The van der Waals surface area contributed by atoms with Crippen LogP contribution in [-0.2, 0) is 11.3 Å². The van der Waals surface area contributed by atoms with E-state index in [0.717, 1.165) is 18.7 Å². The predicted octanol–water partition coefficient (Wildman–Crippen LogP) is 0.0546. The number of hydrogen-bond donors (Lipinski definition) is 1. The average molecular weight is 305 g/mol. The summed E-state index contributed by atoms with van der Waals surface area (Å²) >= 11 is 0. The normalized spacial score (nSPS) is 17.8. The van der Waals surface area contributed by atoms with Gasteiger partial charge in [-0.15, -0.1) is 0 Å². The average Bonchev–Trinajstić information content (AvgIpc) is 2.95. The Bertz CT molecular complexity index is 610. The van der Waals surface area contributed by atoms with Gasteiger partial charge >= 0.3 is 0 Å². The minimum atomic E-state index is -0.156. The van der Waals surface area contributed by atoms with Gasteiger partial charge in [0.15, 0.2) is 0 Å². The number of carbonyl (C=O) groups excluding carboxylic acids is 1. The molecule has 7 heteroatoms. The molecule has 1 aliphatic rings. The minimum Gasteiger partial charge on any atom is -0.348 e. The van der Waals surface area contributed by atoms with Crippen LogP contribution in [0.3, 0.4) is 0 Å². The van der Waals surface area contributed by atoms with Crippen molar-refractivity contribution in [2.24, 2.45) is 0 Å². The standard InChI is InChI=1S/C15H23N5O2/c1-5-14(22)20-7-6-12(10-20)19(4)9-11-8-13(21)17-15(16-11)18(2)3/h5,8,12H,1,6-7,9-10H2,2-4H3,(H,16,17,21)/t12-/m0/s1. The number of rotatable bonds is 5. The van der Waals surface area contributed by atoms with Crippen LogP contribution in [0.1, 0.15) is 12.1 Å². The van der Waals surface area contributed by atoms with Gasteiger partial charge in [0.1, 0.15) is 0 Å². The summed E-state index contributed by atoms with van der Waals surface area (Å²) in [5.41, 5.74) is 0.570. The maximum Gasteiger partial charge on any atom is 0.252 e. The monoisotopic (exact) mass is 305 g/mol. The van der Waals surface area contributed by atoms with E-state index in [1.54, 1.807) is 9.80 Å². The second-order valence-corrected chi connectivity index (χ2v) is 5.80. The fourth-order valence-electron chi connectivity index (χ4n) is 2.60. The zero-order valence-corrected chi connectivity index (χ0v) is 13.4. The molecule has 0 unspecified atom stereocenters. The second-order valence-electron chi connectivity index (χ2n) is 5.80. The summed E-state index contributed by atoms with van der Waals surface area (Å²) in [6, 6.07) is 1.79. The summed E-state index contributed by atoms with van der Waals surface area (Å²) in [4.78, 5) is 36.2. The molecule has 0 spiro atoms. The Balaban J connectivity index is 2.03. The highest BCUT2D eigenvalue weighted by Crippen LogP contribution is 2.16. The Labute approximate surface area is 130 Å². The summed E-state index contributed by atoms with van der Waals surface area (Å²) in [7, 11) is 5.66. The number of aromatic nitrogens is 2. The Morgan fingerprint density at radius 1 is 1.55 bits per heavy atom. The predicted molar refractivity (Wildman–Crippen MR) is 85.8 cm³/mol. The number of carbonyl (C=O) groups is 1. The fraction of sp³-hybridized carbons (Fsp3) is 0.533. The number of likely N-dealkylation sites (N-methyl/N-ethyl adjacent to an activating group) is 1. The van der Waals surface area contributed by atoms with Crippen molar-refractivity contribution in [2.45, 2.75) is 19.0 Å². The maximum absolute atomic E-state index is 11.7. The van der Waals surface area contributed by atoms with Gasteiger partial charge in [0.05, 0.1) is 5.69 Å². The number of nitrogens with zero attached hydrogens (tertiary/aromatic N) is 4. The second kappa shape index (κ2) is 6.74. The molecule has 22 heavy (non-hydrogen) atoms. The largest absolute Gasteiger partial charge is 0.348 e. The number of anilines is 1. The molecule has 0 aromatic carbocycles. The molecular formula is C15H23N5O2. The number of likely N-dealkylation sites (tertiary alicyclic amines) is 1. The van der Waals surface area contributed by atoms with Crippen LogP contribution in [0.2, 0.25) is 0 Å². The molecule has 0 bridgehead atoms. The summed E-state index contributed by atoms with van der Waals surface area (Å²) in [6.07, 6.45) is 2.27. The highest BCUT2D eigenvalue weighted by Gasteiger charge is 2.27. The van der Waals surface area contributed by atoms with Crippen molar-refractivity contribution in [3.05, 3.63) is 34.8 Å². The first-order chi connectivity index (χ1) is 10.4. The van der Waals surface area contributed by atoms with Gasteiger partial charge in [0.2, 0.25) is 11.9 Å². The first-order valence-corrected chi connectivity index (χ1v) is 7.30. The van der Waals surface area contributed by atoms with E-state index in [2.05, 4.69) is 21.4 Å². The van der Waals surface area contributed by atoms with E-state index < -0.39 is 0 Å². The zero-order chi connectivity index (χ0) is 16.3. The molecule has 0 aliphatic carbocycles. The van der Waals surface area contributed by atoms with E-state index in [1.165, 1.54) is 12.1 Å². The number of nitrogens with one attached hydrogen (secondary N) is 1. The van der Waals surface area contributed by atoms with Gasteiger partial charge in [-0.1, -0.05) is 6.58 Å². The third-order valence-electron chi connectivity index (χ3n) is 3.89. The summed E-state index contributed by atoms with van der Waals surface area (Å²) in [6.45, 7) is 5.52. The van der Waals surface area contributed by atoms with Gasteiger partial charge in [-0.05, 0) is 19.5 Å². The van der Waals surface area contributed by atoms with Crippen LogP contribution >= 0.6 is 0 Å². The van der Waals surface area contributed by atoms with E-state index in [4.69, 9.17) is 0 Å². The smallest absolute Gasteiger partial charge is 0.252 e. The van der Waals surface area contributed by atoms with E-state index in [9.17, 15) is 9.59 Å². The highest BCUT2D eigenvalue weighted by atomic mass is 16.2. The minimum absolute atomic E-state index is 0.0277. The van der Waals surface area contributed by atoms with Gasteiger partial charge in [0, 0.05) is 45.8 Å². The summed E-state index contributed by atoms with van der Waals surface area (Å²) in [5, 5.41) is 0. The molecule has 1 amide bonds. The molecule has 1 N–H and O–H groups in total. The summed E-state index contributed by atoms with van der Waals surface area (Å²) < 4.78 is 0. The SMILES string of the molecule is C=CC(=O)N1CC[C@H](N(C)Cc2cc(=O)[nH]c(N(C)C)n2)C1. The third kappa shape index (κ3) is 3.73. The Morgan fingerprint density at radius 2 is 2.27 bits per heavy atom. The van der Waals surface area contributed by atoms with Crippen molar-refractivity contribution in [3.63, 3.8) is 0 Å². The lowest BCUT2D eigenvalue weighted by Crippen LogP contribution is -2.36. The lowest BCUT2D eigenvalue weighted by molar-refractivity contribution is -0.125. The molecule has 1 aromatic heterocycles. The number of amides is 1. The maximum atomic E-state index is 11.7. The fourth-order valence-corrected chi connectivity index (χ4v) is 2.60. The topological polar surface area (TPSA) is 72.5 Å². The zero-order valence-electron chi connectivity index (χ0n) is 13.4. The molecule has 1 aliphatic heterocycles. The van der Waals surface area contributed by atoms with E-state index >= 15 is 0 Å². The molecular weight excluding hydrogens is 282 g/mol. The van der Waals surface area contributed by atoms with Crippen molar-refractivity contribution in [2.75, 3.05) is 39.1 Å². The van der Waals surface area contributed by atoms with Crippen LogP contribution in [0, 0.1) is 0 Å². The van der Waals surface area contributed by atoms with Gasteiger partial charge in [-0.3, -0.25) is 19.5 Å². The molecule has 0 radical (unpaired) electrons. The first-order valence-electron chi connectivity index (χ1n) is 7.30. The van der Waals surface area contributed by atoms with Crippen LogP contribution < -0.4 is 10.5 Å². The Kier molecular flexibility index (Phi) is 4.97. The Morgan fingerprint density at radius 3 is 2.91 bits per heavy atom. The molecule has 2 heterocycles. The van der Waals surface area contributed by atoms with E-state index in [-0.39, 0.29) is 17.5 Å². The molecule has 1 aromatic rings. The van der Waals surface area contributed by atoms with Gasteiger partial charge < -0.3 is 9.80 Å². The van der Waals surface area contributed by atoms with Gasteiger partial charge in [-0.25, -0.2) is 4.98 Å². The number of aromatic amines is 1. The highest BCUT2D eigenvalue weighted by molar-refractivity contribution is 5.87. The molecule has 0 saturated carbocycles. The van der Waals surface area contributed by atoms with E-state index in [0.29, 0.717) is 19.0 Å². The first kappa shape index (κ1) is 16.2. The number of H-pyrrole nitrogens is 1. The van der Waals surface area contributed by atoms with Gasteiger partial charge in [-0.2, -0.15) is 0 Å². The molecule has 1 atom stereocenters. The lowest BCUT2D eigenvalue weighted by Gasteiger charge is -2.24. The number of hydrogen-bond acceptors (Lipinski definition) is 5. The van der Waals surface area contributed by atoms with Crippen LogP contribution in [0.4, 0.5) is 5.95 Å². The quantitative estimate of drug-likeness (QED) is 0.779. The van der Waals surface area contributed by atoms with Crippen molar-refractivity contribution < 1.29 is 4.79 Å². The van der Waals surface area contributed by atoms with Crippen molar-refractivity contribution in [1.82, 2.24) is 19.8 Å².